The SMILES string of the molecule is CCOC(=O)c1sc(=S)n(C(C)C)c1C. The highest BCUT2D eigenvalue weighted by molar-refractivity contribution is 7.73. The van der Waals surface area contributed by atoms with Crippen molar-refractivity contribution in [2.24, 2.45) is 0 Å². The zero-order valence-corrected chi connectivity index (χ0v) is 11.0. The Bertz CT molecular complexity index is 418. The summed E-state index contributed by atoms with van der Waals surface area (Å²) in [6.45, 7) is 8.18. The number of aromatic nitrogens is 1. The van der Waals surface area contributed by atoms with Gasteiger partial charge in [0.2, 0.25) is 0 Å². The molecule has 0 N–H and O–H groups in total. The van der Waals surface area contributed by atoms with Crippen molar-refractivity contribution in [1.82, 2.24) is 4.57 Å². The largest absolute Gasteiger partial charge is 0.462 e. The third-order valence-corrected chi connectivity index (χ3v) is 3.54. The maximum atomic E-state index is 11.6. The highest BCUT2D eigenvalue weighted by Gasteiger charge is 2.17. The number of ether oxygens (including phenoxy) is 1. The molecule has 1 aromatic heterocycles. The van der Waals surface area contributed by atoms with Crippen molar-refractivity contribution in [2.45, 2.75) is 33.7 Å². The van der Waals surface area contributed by atoms with Gasteiger partial charge in [-0.05, 0) is 39.9 Å². The fourth-order valence-electron chi connectivity index (χ4n) is 1.44. The van der Waals surface area contributed by atoms with Gasteiger partial charge in [0.1, 0.15) is 4.88 Å². The molecular formula is C10H15NO2S2. The van der Waals surface area contributed by atoms with Crippen LogP contribution in [0.2, 0.25) is 0 Å². The topological polar surface area (TPSA) is 31.2 Å². The third kappa shape index (κ3) is 2.46. The van der Waals surface area contributed by atoms with E-state index in [4.69, 9.17) is 17.0 Å². The molecule has 0 fully saturated rings. The van der Waals surface area contributed by atoms with E-state index in [1.165, 1.54) is 11.3 Å². The second-order valence-electron chi connectivity index (χ2n) is 3.47. The van der Waals surface area contributed by atoms with Gasteiger partial charge >= 0.3 is 5.97 Å². The average Bonchev–Trinajstić information content (AvgIpc) is 2.42. The highest BCUT2D eigenvalue weighted by Crippen LogP contribution is 2.23. The van der Waals surface area contributed by atoms with Crippen LogP contribution in [0.1, 0.15) is 42.2 Å². The van der Waals surface area contributed by atoms with E-state index >= 15 is 0 Å². The average molecular weight is 245 g/mol. The van der Waals surface area contributed by atoms with E-state index < -0.39 is 0 Å². The summed E-state index contributed by atoms with van der Waals surface area (Å²) in [6, 6.07) is 0.275. The summed E-state index contributed by atoms with van der Waals surface area (Å²) in [4.78, 5) is 12.2. The van der Waals surface area contributed by atoms with E-state index in [9.17, 15) is 4.79 Å². The molecule has 3 nitrogen and oxygen atoms in total. The number of nitrogens with zero attached hydrogens (tertiary/aromatic N) is 1. The number of rotatable bonds is 3. The lowest BCUT2D eigenvalue weighted by molar-refractivity contribution is 0.0530. The zero-order valence-electron chi connectivity index (χ0n) is 9.36. The second kappa shape index (κ2) is 4.90. The standard InChI is InChI=1S/C10H15NO2S2/c1-5-13-9(12)8-7(4)11(6(2)3)10(14)15-8/h6H,5H2,1-4H3. The lowest BCUT2D eigenvalue weighted by Crippen LogP contribution is -2.08. The Morgan fingerprint density at radius 1 is 1.60 bits per heavy atom. The molecule has 0 unspecified atom stereocenters. The molecule has 84 valence electrons. The monoisotopic (exact) mass is 245 g/mol. The summed E-state index contributed by atoms with van der Waals surface area (Å²) in [7, 11) is 0. The van der Waals surface area contributed by atoms with Crippen LogP contribution in [0, 0.1) is 10.9 Å². The molecular weight excluding hydrogens is 230 g/mol. The molecule has 0 aliphatic heterocycles. The van der Waals surface area contributed by atoms with Crippen LogP contribution in [-0.4, -0.2) is 17.1 Å². The van der Waals surface area contributed by atoms with E-state index in [1.807, 2.05) is 25.3 Å². The van der Waals surface area contributed by atoms with Gasteiger partial charge < -0.3 is 9.30 Å². The molecule has 1 rings (SSSR count). The Kier molecular flexibility index (Phi) is 4.04. The van der Waals surface area contributed by atoms with Crippen LogP contribution < -0.4 is 0 Å². The summed E-state index contributed by atoms with van der Waals surface area (Å²) in [6.07, 6.45) is 0. The number of carbonyl (C=O) groups is 1. The van der Waals surface area contributed by atoms with Gasteiger partial charge in [-0.15, -0.1) is 0 Å². The van der Waals surface area contributed by atoms with Crippen molar-refractivity contribution in [1.29, 1.82) is 0 Å². The van der Waals surface area contributed by atoms with Gasteiger partial charge in [-0.2, -0.15) is 0 Å². The van der Waals surface area contributed by atoms with Crippen LogP contribution in [-0.2, 0) is 4.74 Å². The van der Waals surface area contributed by atoms with Crippen LogP contribution in [0.15, 0.2) is 0 Å². The minimum Gasteiger partial charge on any atom is -0.462 e. The zero-order chi connectivity index (χ0) is 11.6. The first-order valence-electron chi connectivity index (χ1n) is 4.88. The molecule has 0 bridgehead atoms. The molecule has 0 spiro atoms. The maximum absolute atomic E-state index is 11.6. The lowest BCUT2D eigenvalue weighted by Gasteiger charge is -2.09. The van der Waals surface area contributed by atoms with Gasteiger partial charge in [0, 0.05) is 11.7 Å². The van der Waals surface area contributed by atoms with Crippen molar-refractivity contribution in [3.63, 3.8) is 0 Å². The molecule has 1 aromatic rings. The number of thiazole rings is 1. The number of hydrogen-bond acceptors (Lipinski definition) is 4. The van der Waals surface area contributed by atoms with E-state index in [0.717, 1.165) is 9.65 Å². The highest BCUT2D eigenvalue weighted by atomic mass is 32.1. The van der Waals surface area contributed by atoms with Gasteiger partial charge in [-0.25, -0.2) is 4.79 Å². The second-order valence-corrected chi connectivity index (χ2v) is 5.11. The minimum absolute atomic E-state index is 0.273. The minimum atomic E-state index is -0.273. The van der Waals surface area contributed by atoms with Crippen molar-refractivity contribution < 1.29 is 9.53 Å². The van der Waals surface area contributed by atoms with Crippen LogP contribution in [0.3, 0.4) is 0 Å². The van der Waals surface area contributed by atoms with Gasteiger partial charge in [0.05, 0.1) is 6.61 Å². The van der Waals surface area contributed by atoms with Crippen LogP contribution >= 0.6 is 23.6 Å². The molecule has 0 saturated heterocycles. The molecule has 0 radical (unpaired) electrons. The molecule has 0 aliphatic carbocycles. The van der Waals surface area contributed by atoms with Gasteiger partial charge in [0.25, 0.3) is 0 Å². The van der Waals surface area contributed by atoms with Gasteiger partial charge in [-0.3, -0.25) is 0 Å². The van der Waals surface area contributed by atoms with E-state index in [-0.39, 0.29) is 12.0 Å². The fourth-order valence-corrected chi connectivity index (χ4v) is 3.05. The van der Waals surface area contributed by atoms with E-state index in [0.29, 0.717) is 11.5 Å². The summed E-state index contributed by atoms with van der Waals surface area (Å²) in [5.74, 6) is -0.273. The van der Waals surface area contributed by atoms with Gasteiger partial charge in [-0.1, -0.05) is 11.3 Å². The molecule has 5 heteroatoms. The molecule has 0 saturated carbocycles. The fraction of sp³-hybridized carbons (Fsp3) is 0.600. The maximum Gasteiger partial charge on any atom is 0.350 e. The van der Waals surface area contributed by atoms with Crippen LogP contribution in [0.25, 0.3) is 0 Å². The molecule has 0 aliphatic rings. The Hall–Kier alpha value is -0.680. The Balaban J connectivity index is 3.18. The summed E-state index contributed by atoms with van der Waals surface area (Å²) >= 11 is 6.53. The summed E-state index contributed by atoms with van der Waals surface area (Å²) in [5.41, 5.74) is 0.901. The van der Waals surface area contributed by atoms with Crippen molar-refractivity contribution in [2.75, 3.05) is 6.61 Å². The number of carbonyl (C=O) groups excluding carboxylic acids is 1. The van der Waals surface area contributed by atoms with Crippen molar-refractivity contribution >= 4 is 29.5 Å². The van der Waals surface area contributed by atoms with E-state index in [2.05, 4.69) is 0 Å². The first kappa shape index (κ1) is 12.4. The Morgan fingerprint density at radius 2 is 2.20 bits per heavy atom. The lowest BCUT2D eigenvalue weighted by atomic mass is 10.3. The normalized spacial score (nSPS) is 10.7. The van der Waals surface area contributed by atoms with Gasteiger partial charge in [0.15, 0.2) is 3.95 Å². The Labute approximate surface area is 98.7 Å². The van der Waals surface area contributed by atoms with Crippen LogP contribution in [0.4, 0.5) is 0 Å². The predicted molar refractivity (Wildman–Crippen MR) is 64.2 cm³/mol. The molecule has 15 heavy (non-hydrogen) atoms. The summed E-state index contributed by atoms with van der Waals surface area (Å²) in [5, 5.41) is 0. The van der Waals surface area contributed by atoms with Crippen molar-refractivity contribution in [3.8, 4) is 0 Å². The molecule has 0 aromatic carbocycles. The van der Waals surface area contributed by atoms with Crippen LogP contribution in [0.5, 0.6) is 0 Å². The smallest absolute Gasteiger partial charge is 0.350 e. The number of esters is 1. The first-order chi connectivity index (χ1) is 6.99. The van der Waals surface area contributed by atoms with Crippen molar-refractivity contribution in [3.05, 3.63) is 14.5 Å². The molecule has 1 heterocycles. The Morgan fingerprint density at radius 3 is 2.60 bits per heavy atom. The quantitative estimate of drug-likeness (QED) is 0.604. The molecule has 0 amide bonds. The predicted octanol–water partition coefficient (Wildman–Crippen LogP) is 3.35. The summed E-state index contributed by atoms with van der Waals surface area (Å²) < 4.78 is 7.67. The third-order valence-electron chi connectivity index (χ3n) is 2.05. The first-order valence-corrected chi connectivity index (χ1v) is 6.10. The van der Waals surface area contributed by atoms with E-state index in [1.54, 1.807) is 6.92 Å². The number of hydrogen-bond donors (Lipinski definition) is 0. The molecule has 0 atom stereocenters.